The summed E-state index contributed by atoms with van der Waals surface area (Å²) in [6.45, 7) is 2.23. The molecule has 2 amide bonds. The summed E-state index contributed by atoms with van der Waals surface area (Å²) in [5.41, 5.74) is 5.85. The number of imide groups is 1. The molecule has 1 fully saturated rings. The first-order chi connectivity index (χ1) is 11.0. The SMILES string of the molecule is CCOc1ccccc1N1C(=O)C[C@@H](SC[C@H](N)C(=O)O)C1=O. The minimum atomic E-state index is -1.13. The van der Waals surface area contributed by atoms with Gasteiger partial charge in [-0.1, -0.05) is 12.1 Å². The molecule has 0 unspecified atom stereocenters. The van der Waals surface area contributed by atoms with Crippen molar-refractivity contribution in [3.63, 3.8) is 0 Å². The average molecular weight is 338 g/mol. The third-order valence-corrected chi connectivity index (χ3v) is 4.63. The Morgan fingerprint density at radius 1 is 1.48 bits per heavy atom. The summed E-state index contributed by atoms with van der Waals surface area (Å²) < 4.78 is 5.46. The molecule has 2 rings (SSSR count). The number of amides is 2. The Bertz CT molecular complexity index is 622. The molecule has 124 valence electrons. The molecule has 23 heavy (non-hydrogen) atoms. The van der Waals surface area contributed by atoms with Crippen LogP contribution < -0.4 is 15.4 Å². The molecule has 0 aromatic heterocycles. The fourth-order valence-corrected chi connectivity index (χ4v) is 3.29. The summed E-state index contributed by atoms with van der Waals surface area (Å²) in [5, 5.41) is 8.16. The van der Waals surface area contributed by atoms with Crippen molar-refractivity contribution in [2.24, 2.45) is 5.73 Å². The lowest BCUT2D eigenvalue weighted by atomic mass is 10.2. The van der Waals surface area contributed by atoms with Crippen LogP contribution in [0.15, 0.2) is 24.3 Å². The molecule has 0 spiro atoms. The van der Waals surface area contributed by atoms with Crippen LogP contribution in [0.1, 0.15) is 13.3 Å². The highest BCUT2D eigenvalue weighted by molar-refractivity contribution is 8.00. The quantitative estimate of drug-likeness (QED) is 0.710. The first kappa shape index (κ1) is 17.3. The third-order valence-electron chi connectivity index (χ3n) is 3.31. The highest BCUT2D eigenvalue weighted by atomic mass is 32.2. The summed E-state index contributed by atoms with van der Waals surface area (Å²) in [7, 11) is 0. The summed E-state index contributed by atoms with van der Waals surface area (Å²) in [5.74, 6) is -1.30. The third kappa shape index (κ3) is 3.83. The van der Waals surface area contributed by atoms with Gasteiger partial charge in [0.1, 0.15) is 11.8 Å². The molecule has 0 radical (unpaired) electrons. The van der Waals surface area contributed by atoms with Gasteiger partial charge in [0.25, 0.3) is 0 Å². The topological polar surface area (TPSA) is 110 Å². The Balaban J connectivity index is 2.14. The Kier molecular flexibility index (Phi) is 5.62. The zero-order valence-corrected chi connectivity index (χ0v) is 13.4. The first-order valence-corrected chi connectivity index (χ1v) is 8.19. The molecule has 8 heteroatoms. The van der Waals surface area contributed by atoms with E-state index in [2.05, 4.69) is 0 Å². The van der Waals surface area contributed by atoms with Crippen molar-refractivity contribution >= 4 is 35.2 Å². The number of carbonyl (C=O) groups excluding carboxylic acids is 2. The number of nitrogens with zero attached hydrogens (tertiary/aromatic N) is 1. The molecule has 1 aliphatic heterocycles. The zero-order chi connectivity index (χ0) is 17.0. The second-order valence-electron chi connectivity index (χ2n) is 4.94. The molecule has 1 aliphatic rings. The zero-order valence-electron chi connectivity index (χ0n) is 12.6. The molecule has 1 heterocycles. The molecule has 0 bridgehead atoms. The lowest BCUT2D eigenvalue weighted by Gasteiger charge is -2.18. The Hall–Kier alpha value is -2.06. The van der Waals surface area contributed by atoms with Crippen LogP contribution >= 0.6 is 11.8 Å². The van der Waals surface area contributed by atoms with Gasteiger partial charge in [0.2, 0.25) is 11.8 Å². The Morgan fingerprint density at radius 2 is 2.17 bits per heavy atom. The van der Waals surface area contributed by atoms with E-state index in [-0.39, 0.29) is 24.0 Å². The van der Waals surface area contributed by atoms with Gasteiger partial charge < -0.3 is 15.6 Å². The highest BCUT2D eigenvalue weighted by Gasteiger charge is 2.41. The van der Waals surface area contributed by atoms with Crippen molar-refractivity contribution in [1.82, 2.24) is 0 Å². The fourth-order valence-electron chi connectivity index (χ4n) is 2.20. The maximum absolute atomic E-state index is 12.5. The number of ether oxygens (including phenoxy) is 1. The number of para-hydroxylation sites is 2. The highest BCUT2D eigenvalue weighted by Crippen LogP contribution is 2.35. The summed E-state index contributed by atoms with van der Waals surface area (Å²) >= 11 is 1.09. The van der Waals surface area contributed by atoms with Crippen LogP contribution in [0.3, 0.4) is 0 Å². The van der Waals surface area contributed by atoms with Gasteiger partial charge in [0.15, 0.2) is 0 Å². The van der Waals surface area contributed by atoms with Gasteiger partial charge in [-0.25, -0.2) is 4.90 Å². The number of hydrogen-bond donors (Lipinski definition) is 2. The molecule has 1 saturated heterocycles. The largest absolute Gasteiger partial charge is 0.492 e. The Labute approximate surface area is 137 Å². The van der Waals surface area contributed by atoms with Gasteiger partial charge in [-0.2, -0.15) is 0 Å². The standard InChI is InChI=1S/C15H18N2O5S/c1-2-22-11-6-4-3-5-10(11)17-13(18)7-12(14(17)19)23-8-9(16)15(20)21/h3-6,9,12H,2,7-8,16H2,1H3,(H,20,21)/t9-,12+/m0/s1. The van der Waals surface area contributed by atoms with Crippen LogP contribution in [-0.2, 0) is 14.4 Å². The second kappa shape index (κ2) is 7.47. The van der Waals surface area contributed by atoms with E-state index in [9.17, 15) is 14.4 Å². The number of carbonyl (C=O) groups is 3. The lowest BCUT2D eigenvalue weighted by Crippen LogP contribution is -2.35. The molecule has 0 aliphatic carbocycles. The number of hydrogen-bond acceptors (Lipinski definition) is 6. The van der Waals surface area contributed by atoms with Crippen molar-refractivity contribution in [3.05, 3.63) is 24.3 Å². The van der Waals surface area contributed by atoms with Gasteiger partial charge in [0, 0.05) is 12.2 Å². The maximum Gasteiger partial charge on any atom is 0.321 e. The Morgan fingerprint density at radius 3 is 2.83 bits per heavy atom. The molecule has 1 aromatic rings. The van der Waals surface area contributed by atoms with E-state index in [1.54, 1.807) is 24.3 Å². The molecule has 2 atom stereocenters. The van der Waals surface area contributed by atoms with Crippen LogP contribution in [0.4, 0.5) is 5.69 Å². The number of aliphatic carboxylic acids is 1. The van der Waals surface area contributed by atoms with Crippen LogP contribution in [-0.4, -0.2) is 46.5 Å². The molecule has 0 saturated carbocycles. The van der Waals surface area contributed by atoms with Crippen LogP contribution in [0.5, 0.6) is 5.75 Å². The van der Waals surface area contributed by atoms with Crippen molar-refractivity contribution < 1.29 is 24.2 Å². The van der Waals surface area contributed by atoms with Gasteiger partial charge in [0.05, 0.1) is 17.5 Å². The predicted molar refractivity (Wildman–Crippen MR) is 86.6 cm³/mol. The van der Waals surface area contributed by atoms with E-state index < -0.39 is 17.3 Å². The van der Waals surface area contributed by atoms with E-state index in [0.29, 0.717) is 18.0 Å². The normalized spacial score (nSPS) is 19.0. The van der Waals surface area contributed by atoms with Crippen LogP contribution in [0.25, 0.3) is 0 Å². The van der Waals surface area contributed by atoms with E-state index in [4.69, 9.17) is 15.6 Å². The molecular weight excluding hydrogens is 320 g/mol. The number of benzene rings is 1. The second-order valence-corrected chi connectivity index (χ2v) is 6.17. The van der Waals surface area contributed by atoms with E-state index in [0.717, 1.165) is 16.7 Å². The van der Waals surface area contributed by atoms with Crippen molar-refractivity contribution in [2.45, 2.75) is 24.6 Å². The van der Waals surface area contributed by atoms with Crippen LogP contribution in [0.2, 0.25) is 0 Å². The van der Waals surface area contributed by atoms with E-state index >= 15 is 0 Å². The van der Waals surface area contributed by atoms with Gasteiger partial charge in [-0.15, -0.1) is 11.8 Å². The lowest BCUT2D eigenvalue weighted by molar-refractivity contribution is -0.138. The minimum Gasteiger partial charge on any atom is -0.492 e. The maximum atomic E-state index is 12.5. The first-order valence-electron chi connectivity index (χ1n) is 7.14. The van der Waals surface area contributed by atoms with Gasteiger partial charge in [-0.3, -0.25) is 14.4 Å². The number of anilines is 1. The number of thioether (sulfide) groups is 1. The molecule has 1 aromatic carbocycles. The summed E-state index contributed by atoms with van der Waals surface area (Å²) in [4.78, 5) is 36.6. The van der Waals surface area contributed by atoms with Gasteiger partial charge >= 0.3 is 5.97 Å². The minimum absolute atomic E-state index is 0.0241. The van der Waals surface area contributed by atoms with Crippen molar-refractivity contribution in [2.75, 3.05) is 17.3 Å². The van der Waals surface area contributed by atoms with Gasteiger partial charge in [-0.05, 0) is 19.1 Å². The van der Waals surface area contributed by atoms with E-state index in [1.807, 2.05) is 6.92 Å². The summed E-state index contributed by atoms with van der Waals surface area (Å²) in [6, 6.07) is 5.76. The molecular formula is C15H18N2O5S. The number of carboxylic acid groups (broad SMARTS) is 1. The number of carboxylic acids is 1. The number of nitrogens with two attached hydrogens (primary N) is 1. The monoisotopic (exact) mass is 338 g/mol. The molecule has 3 N–H and O–H groups in total. The van der Waals surface area contributed by atoms with Crippen LogP contribution in [0, 0.1) is 0 Å². The smallest absolute Gasteiger partial charge is 0.321 e. The fraction of sp³-hybridized carbons (Fsp3) is 0.400. The average Bonchev–Trinajstić information content (AvgIpc) is 2.80. The van der Waals surface area contributed by atoms with E-state index in [1.165, 1.54) is 0 Å². The predicted octanol–water partition coefficient (Wildman–Crippen LogP) is 0.862. The number of rotatable bonds is 7. The molecule has 7 nitrogen and oxygen atoms in total. The van der Waals surface area contributed by atoms with Crippen molar-refractivity contribution in [3.8, 4) is 5.75 Å². The summed E-state index contributed by atoms with van der Waals surface area (Å²) in [6.07, 6.45) is 0.0241. The van der Waals surface area contributed by atoms with Crippen molar-refractivity contribution in [1.29, 1.82) is 0 Å².